The van der Waals surface area contributed by atoms with Crippen LogP contribution in [-0.4, -0.2) is 6.61 Å². The number of ether oxygens (including phenoxy) is 1. The molecule has 24 heavy (non-hydrogen) atoms. The smallest absolute Gasteiger partial charge is 0.105 e. The minimum Gasteiger partial charge on any atom is -0.497 e. The highest BCUT2D eigenvalue weighted by Gasteiger charge is 2.47. The Bertz CT molecular complexity index is 468. The molecular weight excluding hydrogens is 292 g/mol. The molecule has 0 amide bonds. The fourth-order valence-electron chi connectivity index (χ4n) is 4.28. The molecule has 0 radical (unpaired) electrons. The zero-order valence-electron chi connectivity index (χ0n) is 16.5. The van der Waals surface area contributed by atoms with Gasteiger partial charge in [0.1, 0.15) is 6.61 Å². The van der Waals surface area contributed by atoms with Crippen LogP contribution in [0.3, 0.4) is 0 Å². The van der Waals surface area contributed by atoms with Crippen molar-refractivity contribution in [3.63, 3.8) is 0 Å². The topological polar surface area (TPSA) is 9.23 Å². The van der Waals surface area contributed by atoms with E-state index in [1.807, 2.05) is 0 Å². The van der Waals surface area contributed by atoms with Crippen LogP contribution >= 0.6 is 0 Å². The predicted octanol–water partition coefficient (Wildman–Crippen LogP) is 7.23. The molecule has 1 nitrogen and oxygen atoms in total. The van der Waals surface area contributed by atoms with Crippen LogP contribution in [0.15, 0.2) is 49.3 Å². The summed E-state index contributed by atoms with van der Waals surface area (Å²) < 4.78 is 5.32. The first-order chi connectivity index (χ1) is 11.3. The van der Waals surface area contributed by atoms with E-state index in [0.717, 1.165) is 25.7 Å². The highest BCUT2D eigenvalue weighted by molar-refractivity contribution is 5.18. The molecule has 2 atom stereocenters. The highest BCUT2D eigenvalue weighted by Crippen LogP contribution is 2.57. The molecule has 1 aliphatic carbocycles. The van der Waals surface area contributed by atoms with Gasteiger partial charge in [0, 0.05) is 0 Å². The van der Waals surface area contributed by atoms with Crippen LogP contribution in [0.4, 0.5) is 0 Å². The fourth-order valence-corrected chi connectivity index (χ4v) is 4.28. The second-order valence-electron chi connectivity index (χ2n) is 8.26. The van der Waals surface area contributed by atoms with E-state index in [0.29, 0.717) is 17.9 Å². The molecule has 0 aliphatic heterocycles. The highest BCUT2D eigenvalue weighted by atomic mass is 16.5. The van der Waals surface area contributed by atoms with Crippen molar-refractivity contribution in [2.24, 2.45) is 16.7 Å². The maximum absolute atomic E-state index is 5.32. The van der Waals surface area contributed by atoms with Crippen molar-refractivity contribution in [2.45, 2.75) is 72.6 Å². The molecule has 1 fully saturated rings. The van der Waals surface area contributed by atoms with Gasteiger partial charge in [-0.25, -0.2) is 0 Å². The van der Waals surface area contributed by atoms with Gasteiger partial charge < -0.3 is 4.74 Å². The molecule has 1 saturated carbocycles. The lowest BCUT2D eigenvalue weighted by Crippen LogP contribution is -2.43. The van der Waals surface area contributed by atoms with E-state index >= 15 is 0 Å². The van der Waals surface area contributed by atoms with Gasteiger partial charge in [0.2, 0.25) is 0 Å². The number of rotatable bonds is 10. The minimum atomic E-state index is 0.218. The molecular formula is C23H38O. The summed E-state index contributed by atoms with van der Waals surface area (Å²) in [5.41, 5.74) is 3.36. The minimum absolute atomic E-state index is 0.218. The Hall–Kier alpha value is -1.24. The van der Waals surface area contributed by atoms with E-state index in [4.69, 9.17) is 4.74 Å². The van der Waals surface area contributed by atoms with Crippen molar-refractivity contribution in [3.8, 4) is 0 Å². The Morgan fingerprint density at radius 3 is 2.54 bits per heavy atom. The van der Waals surface area contributed by atoms with Gasteiger partial charge in [0.05, 0.1) is 6.26 Å². The average molecular weight is 331 g/mol. The zero-order chi connectivity index (χ0) is 18.2. The van der Waals surface area contributed by atoms with Gasteiger partial charge in [0.15, 0.2) is 0 Å². The first kappa shape index (κ1) is 20.8. The normalized spacial score (nSPS) is 26.2. The van der Waals surface area contributed by atoms with Crippen molar-refractivity contribution >= 4 is 0 Å². The van der Waals surface area contributed by atoms with Crippen molar-refractivity contribution in [3.05, 3.63) is 49.3 Å². The largest absolute Gasteiger partial charge is 0.497 e. The summed E-state index contributed by atoms with van der Waals surface area (Å²) in [6.45, 7) is 22.6. The molecule has 2 unspecified atom stereocenters. The van der Waals surface area contributed by atoms with Crippen LogP contribution in [-0.2, 0) is 4.74 Å². The SMILES string of the molecule is C=CCOC=CCCC(=C)C1(C)CCCC(C)(C)C1CC(=C)CC. The van der Waals surface area contributed by atoms with E-state index in [2.05, 4.69) is 53.5 Å². The Labute approximate surface area is 150 Å². The standard InChI is InChI=1S/C23H38O/c1-8-16-24-17-11-10-13-20(4)23(7)15-12-14-22(5,6)21(23)18-19(3)9-2/h8,11,17,21H,1,3-4,9-10,12-16,18H2,2,5-7H3. The number of hydrogen-bond donors (Lipinski definition) is 0. The molecule has 136 valence electrons. The van der Waals surface area contributed by atoms with Gasteiger partial charge in [-0.1, -0.05) is 71.1 Å². The number of hydrogen-bond acceptors (Lipinski definition) is 1. The predicted molar refractivity (Wildman–Crippen MR) is 107 cm³/mol. The van der Waals surface area contributed by atoms with Crippen LogP contribution in [0, 0.1) is 16.7 Å². The third-order valence-electron chi connectivity index (χ3n) is 6.05. The fraction of sp³-hybridized carbons (Fsp3) is 0.652. The summed E-state index contributed by atoms with van der Waals surface area (Å²) >= 11 is 0. The summed E-state index contributed by atoms with van der Waals surface area (Å²) in [6.07, 6.45) is 13.8. The van der Waals surface area contributed by atoms with Gasteiger partial charge in [-0.2, -0.15) is 0 Å². The molecule has 0 aromatic carbocycles. The zero-order valence-corrected chi connectivity index (χ0v) is 16.5. The van der Waals surface area contributed by atoms with Crippen LogP contribution in [0.5, 0.6) is 0 Å². The quantitative estimate of drug-likeness (QED) is 0.233. The van der Waals surface area contributed by atoms with E-state index < -0.39 is 0 Å². The Morgan fingerprint density at radius 1 is 1.21 bits per heavy atom. The van der Waals surface area contributed by atoms with Crippen LogP contribution in [0.25, 0.3) is 0 Å². The van der Waals surface area contributed by atoms with Gasteiger partial charge in [-0.05, 0) is 61.3 Å². The van der Waals surface area contributed by atoms with Crippen molar-refractivity contribution in [2.75, 3.05) is 6.61 Å². The monoisotopic (exact) mass is 330 g/mol. The van der Waals surface area contributed by atoms with E-state index in [-0.39, 0.29) is 5.41 Å². The summed E-state index contributed by atoms with van der Waals surface area (Å²) in [5, 5.41) is 0. The van der Waals surface area contributed by atoms with Crippen LogP contribution < -0.4 is 0 Å². The van der Waals surface area contributed by atoms with Gasteiger partial charge in [-0.15, -0.1) is 0 Å². The van der Waals surface area contributed by atoms with E-state index in [1.165, 1.54) is 30.4 Å². The van der Waals surface area contributed by atoms with Crippen molar-refractivity contribution in [1.82, 2.24) is 0 Å². The van der Waals surface area contributed by atoms with E-state index in [9.17, 15) is 0 Å². The molecule has 1 aliphatic rings. The Kier molecular flexibility index (Phi) is 8.06. The maximum Gasteiger partial charge on any atom is 0.105 e. The third kappa shape index (κ3) is 5.40. The van der Waals surface area contributed by atoms with Gasteiger partial charge in [-0.3, -0.25) is 0 Å². The molecule has 0 N–H and O–H groups in total. The molecule has 0 aromatic rings. The van der Waals surface area contributed by atoms with Gasteiger partial charge in [0.25, 0.3) is 0 Å². The molecule has 1 heteroatoms. The van der Waals surface area contributed by atoms with Crippen LogP contribution in [0.1, 0.15) is 72.6 Å². The first-order valence-electron chi connectivity index (χ1n) is 9.50. The lowest BCUT2D eigenvalue weighted by Gasteiger charge is -2.52. The van der Waals surface area contributed by atoms with E-state index in [1.54, 1.807) is 12.3 Å². The molecule has 0 aromatic heterocycles. The molecule has 0 spiro atoms. The summed E-state index contributed by atoms with van der Waals surface area (Å²) in [5.74, 6) is 0.639. The van der Waals surface area contributed by atoms with Crippen molar-refractivity contribution < 1.29 is 4.74 Å². The summed E-state index contributed by atoms with van der Waals surface area (Å²) in [7, 11) is 0. The average Bonchev–Trinajstić information content (AvgIpc) is 2.53. The second-order valence-corrected chi connectivity index (χ2v) is 8.26. The Balaban J connectivity index is 2.78. The molecule has 0 bridgehead atoms. The maximum atomic E-state index is 5.32. The second kappa shape index (κ2) is 9.30. The first-order valence-corrected chi connectivity index (χ1v) is 9.50. The summed E-state index contributed by atoms with van der Waals surface area (Å²) in [4.78, 5) is 0. The lowest BCUT2D eigenvalue weighted by atomic mass is 9.52. The lowest BCUT2D eigenvalue weighted by molar-refractivity contribution is 0.0251. The van der Waals surface area contributed by atoms with Crippen LogP contribution in [0.2, 0.25) is 0 Å². The summed E-state index contributed by atoms with van der Waals surface area (Å²) in [6, 6.07) is 0. The molecule has 0 heterocycles. The molecule has 0 saturated heterocycles. The Morgan fingerprint density at radius 2 is 1.92 bits per heavy atom. The third-order valence-corrected chi connectivity index (χ3v) is 6.05. The van der Waals surface area contributed by atoms with Crippen molar-refractivity contribution in [1.29, 1.82) is 0 Å². The number of allylic oxidation sites excluding steroid dienone is 3. The molecule has 1 rings (SSSR count). The van der Waals surface area contributed by atoms with Gasteiger partial charge >= 0.3 is 0 Å².